The number of rotatable bonds is 8. The standard InChI is InChI=1S/2C19H19F3N4O.C13H7ClF3N3.C7H6BF3O2.C6H3BrClN3.C6H13NO.ClH/c2*20-19(21,22)13-3-1-2-12(10-13)16-11-23-18-9-8-17(25-26(16)18)24-14-4-6-15(27)7-5-14;14-11-4-5-12-18-7-10(20(12)19-11)8-2-1-3-9(6-8)13(15,16)17;9-7(10,11)5-2-1-3-6(4-5)8(12)13;7-4-3-9-6-2-1-5(8)10-11(4)6;7-5-1-3-6(8)4-2-5;/h2*1-3,8-11,14-15,27H,4-7H2,(H,24,25);1-7H;1-4,12-13H;1-3H;5-6,8H,1-4,7H2;1H. The molecule has 3 fully saturated rings. The third-order valence-electron chi connectivity index (χ3n) is 17.2. The fraction of sp³-hybridized carbons (Fsp3) is 0.314. The van der Waals surface area contributed by atoms with Crippen molar-refractivity contribution in [1.29, 1.82) is 0 Å². The molecule has 3 saturated carbocycles. The molecule has 12 aromatic rings. The van der Waals surface area contributed by atoms with Gasteiger partial charge in [0.05, 0.1) is 82.4 Å². The van der Waals surface area contributed by atoms with E-state index >= 15 is 0 Å². The zero-order chi connectivity index (χ0) is 76.3. The van der Waals surface area contributed by atoms with Crippen LogP contribution in [0.15, 0.2) is 175 Å². The summed E-state index contributed by atoms with van der Waals surface area (Å²) in [6.07, 6.45) is -1.75. The molecule has 0 spiro atoms. The summed E-state index contributed by atoms with van der Waals surface area (Å²) in [7, 11) is -1.87. The number of aromatic nitrogens is 12. The second-order valence-electron chi connectivity index (χ2n) is 24.9. The van der Waals surface area contributed by atoms with Crippen molar-refractivity contribution in [1.82, 2.24) is 58.4 Å². The summed E-state index contributed by atoms with van der Waals surface area (Å²) in [5.41, 5.74) is 7.46. The monoisotopic (exact) mass is 1620 g/mol. The van der Waals surface area contributed by atoms with Gasteiger partial charge in [0.2, 0.25) is 0 Å². The molecule has 0 amide bonds. The molecule has 0 aliphatic heterocycles. The molecule has 37 heteroatoms. The Labute approximate surface area is 627 Å². The highest BCUT2D eigenvalue weighted by atomic mass is 79.9. The molecule has 3 aliphatic carbocycles. The molecule has 0 unspecified atom stereocenters. The largest absolute Gasteiger partial charge is 0.488 e. The quantitative estimate of drug-likeness (QED) is 0.0519. The van der Waals surface area contributed by atoms with Gasteiger partial charge in [0.1, 0.15) is 26.5 Å². The number of fused-ring (bicyclic) bond motifs is 4. The summed E-state index contributed by atoms with van der Waals surface area (Å²) in [6.45, 7) is 0. The highest BCUT2D eigenvalue weighted by Crippen LogP contribution is 2.37. The number of alkyl halides is 12. The van der Waals surface area contributed by atoms with Crippen molar-refractivity contribution >= 4 is 98.3 Å². The van der Waals surface area contributed by atoms with Gasteiger partial charge in [0.25, 0.3) is 0 Å². The Bertz CT molecular complexity index is 4730. The van der Waals surface area contributed by atoms with E-state index in [1.165, 1.54) is 47.4 Å². The molecule has 568 valence electrons. The van der Waals surface area contributed by atoms with Crippen molar-refractivity contribution in [2.75, 3.05) is 10.6 Å². The average Bonchev–Trinajstić information content (AvgIpc) is 1.68. The molecule has 9 N–H and O–H groups in total. The molecule has 0 saturated heterocycles. The number of halogens is 16. The summed E-state index contributed by atoms with van der Waals surface area (Å²) in [6, 6.07) is 33.9. The van der Waals surface area contributed by atoms with Crippen molar-refractivity contribution in [2.24, 2.45) is 5.73 Å². The van der Waals surface area contributed by atoms with Gasteiger partial charge in [-0.15, -0.1) is 22.6 Å². The summed E-state index contributed by atoms with van der Waals surface area (Å²) >= 11 is 14.7. The lowest BCUT2D eigenvalue weighted by Crippen LogP contribution is -2.30. The summed E-state index contributed by atoms with van der Waals surface area (Å²) in [5, 5.41) is 69.9. The highest BCUT2D eigenvalue weighted by molar-refractivity contribution is 9.10. The lowest BCUT2D eigenvalue weighted by molar-refractivity contribution is -0.138. The predicted molar refractivity (Wildman–Crippen MR) is 386 cm³/mol. The summed E-state index contributed by atoms with van der Waals surface area (Å²) in [5.74, 6) is 1.27. The van der Waals surface area contributed by atoms with Crippen molar-refractivity contribution in [2.45, 2.75) is 138 Å². The van der Waals surface area contributed by atoms with E-state index in [2.05, 4.69) is 66.9 Å². The van der Waals surface area contributed by atoms with Gasteiger partial charge in [-0.2, -0.15) is 62.9 Å². The topological polar surface area (TPSA) is 272 Å². The SMILES string of the molecule is Cl.Clc1ccc2ncc(Br)n2n1.FC(F)(F)c1cccc(-c2cnc3ccc(Cl)nn23)c1.NC1CCC(O)CC1.OB(O)c1cccc(C(F)(F)F)c1.OC1CCC(Nc2ccc3ncc(-c4cccc(C(F)(F)F)c4)n3n2)CC1.OC1CCC(Nc2ccc3ncc(-c4cccc(C(F)(F)F)c4)n3n2)CC1. The minimum absolute atomic E-state index is 0. The third-order valence-corrected chi connectivity index (χ3v) is 18.1. The van der Waals surface area contributed by atoms with E-state index < -0.39 is 54.1 Å². The molecular weight excluding hydrogens is 1560 g/mol. The van der Waals surface area contributed by atoms with E-state index in [9.17, 15) is 62.9 Å². The maximum atomic E-state index is 13.0. The van der Waals surface area contributed by atoms with Gasteiger partial charge in [-0.1, -0.05) is 83.9 Å². The molecule has 20 nitrogen and oxygen atoms in total. The first kappa shape index (κ1) is 82.4. The Balaban J connectivity index is 0.000000155. The van der Waals surface area contributed by atoms with Crippen molar-refractivity contribution < 1.29 is 78.1 Å². The minimum atomic E-state index is -4.45. The molecule has 0 bridgehead atoms. The van der Waals surface area contributed by atoms with E-state index in [0.29, 0.717) is 79.6 Å². The van der Waals surface area contributed by atoms with Gasteiger partial charge >= 0.3 is 31.8 Å². The van der Waals surface area contributed by atoms with E-state index in [0.717, 1.165) is 136 Å². The van der Waals surface area contributed by atoms with E-state index in [-0.39, 0.29) is 53.4 Å². The zero-order valence-corrected chi connectivity index (χ0v) is 59.9. The normalized spacial score (nSPS) is 18.2. The third kappa shape index (κ3) is 22.7. The Morgan fingerprint density at radius 1 is 0.402 bits per heavy atom. The van der Waals surface area contributed by atoms with Crippen LogP contribution in [0.1, 0.15) is 99.3 Å². The molecule has 8 aromatic heterocycles. The van der Waals surface area contributed by atoms with Gasteiger partial charge in [-0.25, -0.2) is 38.0 Å². The molecule has 3 aliphatic rings. The van der Waals surface area contributed by atoms with Crippen LogP contribution in [0.25, 0.3) is 56.4 Å². The molecule has 15 rings (SSSR count). The lowest BCUT2D eigenvalue weighted by Gasteiger charge is -2.26. The van der Waals surface area contributed by atoms with Crippen LogP contribution < -0.4 is 21.8 Å². The Kier molecular flexibility index (Phi) is 27.7. The number of imidazole rings is 4. The molecule has 0 atom stereocenters. The smallest absolute Gasteiger partial charge is 0.423 e. The zero-order valence-electron chi connectivity index (χ0n) is 56.0. The van der Waals surface area contributed by atoms with Crippen LogP contribution in [0.5, 0.6) is 0 Å². The van der Waals surface area contributed by atoms with Crippen LogP contribution in [0.3, 0.4) is 0 Å². The van der Waals surface area contributed by atoms with Crippen molar-refractivity contribution in [3.63, 3.8) is 0 Å². The lowest BCUT2D eigenvalue weighted by atomic mass is 9.79. The van der Waals surface area contributed by atoms with E-state index in [4.69, 9.17) is 44.1 Å². The van der Waals surface area contributed by atoms with Crippen LogP contribution in [-0.2, 0) is 24.7 Å². The van der Waals surface area contributed by atoms with Gasteiger partial charge in [-0.3, -0.25) is 0 Å². The summed E-state index contributed by atoms with van der Waals surface area (Å²) < 4.78 is 159. The number of benzene rings is 4. The van der Waals surface area contributed by atoms with Crippen LogP contribution >= 0.6 is 51.5 Å². The fourth-order valence-corrected chi connectivity index (χ4v) is 12.2. The van der Waals surface area contributed by atoms with E-state index in [1.54, 1.807) is 74.3 Å². The maximum Gasteiger partial charge on any atom is 0.488 e. The van der Waals surface area contributed by atoms with Crippen LogP contribution in [-0.4, -0.2) is 127 Å². The number of aliphatic hydroxyl groups excluding tert-OH is 3. The predicted octanol–water partition coefficient (Wildman–Crippen LogP) is 15.5. The van der Waals surface area contributed by atoms with Crippen LogP contribution in [0.2, 0.25) is 10.3 Å². The Hall–Kier alpha value is -8.71. The minimum Gasteiger partial charge on any atom is -0.423 e. The van der Waals surface area contributed by atoms with Crippen molar-refractivity contribution in [3.05, 3.63) is 208 Å². The summed E-state index contributed by atoms with van der Waals surface area (Å²) in [4.78, 5) is 16.6. The number of nitrogens with two attached hydrogens (primary N) is 1. The number of nitrogens with one attached hydrogen (secondary N) is 2. The molecule has 107 heavy (non-hydrogen) atoms. The van der Waals surface area contributed by atoms with Gasteiger partial charge in [0, 0.05) is 34.8 Å². The first-order valence-electron chi connectivity index (χ1n) is 33.0. The second-order valence-corrected chi connectivity index (χ2v) is 26.5. The van der Waals surface area contributed by atoms with Gasteiger partial charge < -0.3 is 41.7 Å². The fourth-order valence-electron chi connectivity index (χ4n) is 11.6. The Morgan fingerprint density at radius 3 is 1.07 bits per heavy atom. The first-order chi connectivity index (χ1) is 50.2. The van der Waals surface area contributed by atoms with Gasteiger partial charge in [0.15, 0.2) is 22.6 Å². The van der Waals surface area contributed by atoms with Crippen molar-refractivity contribution in [3.8, 4) is 33.8 Å². The molecule has 0 radical (unpaired) electrons. The number of nitrogens with zero attached hydrogens (tertiary/aromatic N) is 12. The molecule has 4 aromatic carbocycles. The first-order valence-corrected chi connectivity index (χ1v) is 34.5. The van der Waals surface area contributed by atoms with Crippen LogP contribution in [0, 0.1) is 0 Å². The number of anilines is 2. The highest BCUT2D eigenvalue weighted by Gasteiger charge is 2.34. The maximum absolute atomic E-state index is 13.0. The average molecular weight is 1620 g/mol. The van der Waals surface area contributed by atoms with Crippen LogP contribution in [0.4, 0.5) is 64.3 Å². The van der Waals surface area contributed by atoms with Gasteiger partial charge in [-0.05, 0) is 183 Å². The number of hydrogen-bond donors (Lipinski definition) is 8. The molecular formula is C70H68BBrCl3F12N15O5. The Morgan fingerprint density at radius 2 is 0.710 bits per heavy atom. The number of hydrogen-bond acceptors (Lipinski definition) is 16. The van der Waals surface area contributed by atoms with E-state index in [1.807, 2.05) is 12.1 Å². The second kappa shape index (κ2) is 36.0. The number of aliphatic hydroxyl groups is 3. The molecule has 8 heterocycles.